The first-order chi connectivity index (χ1) is 19.0. The lowest BCUT2D eigenvalue weighted by Gasteiger charge is -2.31. The van der Waals surface area contributed by atoms with Crippen LogP contribution >= 0.6 is 23.5 Å². The molecule has 40 heavy (non-hydrogen) atoms. The van der Waals surface area contributed by atoms with Crippen LogP contribution in [-0.4, -0.2) is 71.0 Å². The summed E-state index contributed by atoms with van der Waals surface area (Å²) in [6, 6.07) is 6.62. The molecule has 0 saturated heterocycles. The minimum atomic E-state index is -1.60. The van der Waals surface area contributed by atoms with Gasteiger partial charge in [0.15, 0.2) is 0 Å². The number of hydrogen-bond acceptors (Lipinski definition) is 7. The van der Waals surface area contributed by atoms with E-state index in [-0.39, 0.29) is 30.1 Å². The fourth-order valence-electron chi connectivity index (χ4n) is 4.23. The van der Waals surface area contributed by atoms with Gasteiger partial charge in [-0.25, -0.2) is 0 Å². The molecule has 5 N–H and O–H groups in total. The number of rotatable bonds is 5. The summed E-state index contributed by atoms with van der Waals surface area (Å²) in [4.78, 5) is 52.5. The van der Waals surface area contributed by atoms with Crippen molar-refractivity contribution in [1.29, 1.82) is 0 Å². The maximum absolute atomic E-state index is 13.4. The van der Waals surface area contributed by atoms with Crippen LogP contribution in [-0.2, 0) is 30.7 Å². The smallest absolute Gasteiger partial charge is 0.248 e. The van der Waals surface area contributed by atoms with Crippen molar-refractivity contribution in [1.82, 2.24) is 21.3 Å². The van der Waals surface area contributed by atoms with Gasteiger partial charge in [-0.15, -0.1) is 0 Å². The van der Waals surface area contributed by atoms with Crippen LogP contribution in [0.25, 0.3) is 0 Å². The van der Waals surface area contributed by atoms with Crippen LogP contribution in [0.5, 0.6) is 0 Å². The van der Waals surface area contributed by atoms with E-state index in [9.17, 15) is 24.3 Å². The zero-order valence-electron chi connectivity index (χ0n) is 24.4. The van der Waals surface area contributed by atoms with E-state index in [1.807, 2.05) is 33.8 Å². The van der Waals surface area contributed by atoms with Gasteiger partial charge in [-0.3, -0.25) is 19.2 Å². The molecule has 4 atom stereocenters. The Hall–Kier alpha value is -2.24. The highest BCUT2D eigenvalue weighted by Crippen LogP contribution is 2.19. The van der Waals surface area contributed by atoms with Gasteiger partial charge in [0, 0.05) is 36.0 Å². The topological polar surface area (TPSA) is 137 Å². The van der Waals surface area contributed by atoms with Crippen molar-refractivity contribution in [3.8, 4) is 0 Å². The minimum Gasteiger partial charge on any atom is -0.393 e. The molecule has 0 saturated carbocycles. The van der Waals surface area contributed by atoms with Gasteiger partial charge in [0.1, 0.15) is 17.6 Å². The van der Waals surface area contributed by atoms with E-state index in [4.69, 9.17) is 0 Å². The predicted octanol–water partition coefficient (Wildman–Crippen LogP) is 2.60. The number of aliphatic hydroxyl groups is 1. The number of benzene rings is 1. The van der Waals surface area contributed by atoms with E-state index in [0.717, 1.165) is 17.3 Å². The molecule has 224 valence electrons. The van der Waals surface area contributed by atoms with Gasteiger partial charge >= 0.3 is 0 Å². The van der Waals surface area contributed by atoms with E-state index < -0.39 is 36.0 Å². The Balaban J connectivity index is 2.28. The average Bonchev–Trinajstić information content (AvgIpc) is 2.92. The number of hydrogen-bond donors (Lipinski definition) is 5. The summed E-state index contributed by atoms with van der Waals surface area (Å²) in [6.45, 7) is 9.01. The molecule has 0 aromatic heterocycles. The van der Waals surface area contributed by atoms with Crippen LogP contribution in [0.4, 0.5) is 0 Å². The fourth-order valence-corrected chi connectivity index (χ4v) is 5.92. The van der Waals surface area contributed by atoms with Crippen LogP contribution in [0.15, 0.2) is 24.3 Å². The van der Waals surface area contributed by atoms with Crippen molar-refractivity contribution in [3.05, 3.63) is 35.4 Å². The number of thioether (sulfide) groups is 2. The molecule has 9 nitrogen and oxygen atoms in total. The standard InChI is InChI=1S/C29H46N4O5S2/c1-6-20(4)25-27(37)30-11-13-40-17-22-9-7-8-21(15-22)16-39-12-10-24(35)33-29(5,18-34)28(38)31-23(14-19(2)3)26(36)32-25/h7-9,15,19-20,23,25,34H,6,10-14,16-18H2,1-5H3,(H,30,37)(H,31,38)(H,32,36)(H,33,35)/t20-,23-,25-,29?/m0/s1. The summed E-state index contributed by atoms with van der Waals surface area (Å²) in [5.74, 6) is 1.06. The van der Waals surface area contributed by atoms with Crippen molar-refractivity contribution < 1.29 is 24.3 Å². The molecule has 0 spiro atoms. The number of amides is 4. The number of nitrogens with one attached hydrogen (secondary N) is 4. The van der Waals surface area contributed by atoms with Crippen molar-refractivity contribution in [3.63, 3.8) is 0 Å². The molecule has 1 aromatic rings. The SMILES string of the molecule is CC[C@H](C)[C@@H]1NC(=O)[C@H](CC(C)C)NC(=O)C(C)(CO)NC(=O)CCSCc2cccc(c2)CSCCNC1=O. The Morgan fingerprint density at radius 1 is 1.00 bits per heavy atom. The van der Waals surface area contributed by atoms with E-state index in [1.165, 1.54) is 18.1 Å². The Kier molecular flexibility index (Phi) is 14.3. The van der Waals surface area contributed by atoms with Crippen LogP contribution in [0.2, 0.25) is 0 Å². The summed E-state index contributed by atoms with van der Waals surface area (Å²) in [5, 5.41) is 21.3. The zero-order chi connectivity index (χ0) is 29.7. The number of carbonyl (C=O) groups is 4. The van der Waals surface area contributed by atoms with Crippen LogP contribution < -0.4 is 21.3 Å². The second kappa shape index (κ2) is 16.9. The molecular weight excluding hydrogens is 548 g/mol. The monoisotopic (exact) mass is 594 g/mol. The molecule has 2 rings (SSSR count). The van der Waals surface area contributed by atoms with Gasteiger partial charge in [-0.2, -0.15) is 23.5 Å². The lowest BCUT2D eigenvalue weighted by molar-refractivity contribution is -0.138. The second-order valence-electron chi connectivity index (χ2n) is 11.0. The minimum absolute atomic E-state index is 0.0640. The molecular formula is C29H46N4O5S2. The number of aliphatic hydroxyl groups excluding tert-OH is 1. The quantitative estimate of drug-likeness (QED) is 0.354. The van der Waals surface area contributed by atoms with Crippen molar-refractivity contribution in [2.24, 2.45) is 11.8 Å². The maximum atomic E-state index is 13.4. The fraction of sp³-hybridized carbons (Fsp3) is 0.655. The summed E-state index contributed by atoms with van der Waals surface area (Å²) >= 11 is 3.35. The molecule has 2 bridgehead atoms. The average molecular weight is 595 g/mol. The normalized spacial score (nSPS) is 25.5. The summed E-state index contributed by atoms with van der Waals surface area (Å²) in [5.41, 5.74) is 0.759. The van der Waals surface area contributed by atoms with Gasteiger partial charge in [0.05, 0.1) is 6.61 Å². The van der Waals surface area contributed by atoms with Gasteiger partial charge in [-0.05, 0) is 36.3 Å². The van der Waals surface area contributed by atoms with Crippen molar-refractivity contribution in [2.45, 2.75) is 83.0 Å². The maximum Gasteiger partial charge on any atom is 0.248 e. The molecule has 1 aromatic carbocycles. The van der Waals surface area contributed by atoms with E-state index in [1.54, 1.807) is 23.5 Å². The summed E-state index contributed by atoms with van der Waals surface area (Å²) in [7, 11) is 0. The molecule has 11 heteroatoms. The highest BCUT2D eigenvalue weighted by molar-refractivity contribution is 7.98. The van der Waals surface area contributed by atoms with Crippen molar-refractivity contribution >= 4 is 47.2 Å². The van der Waals surface area contributed by atoms with Crippen molar-refractivity contribution in [2.75, 3.05) is 24.7 Å². The Labute approximate surface area is 247 Å². The molecule has 1 heterocycles. The first-order valence-electron chi connectivity index (χ1n) is 14.0. The number of fused-ring (bicyclic) bond motifs is 2. The summed E-state index contributed by atoms with van der Waals surface area (Å²) in [6.07, 6.45) is 1.19. The summed E-state index contributed by atoms with van der Waals surface area (Å²) < 4.78 is 0. The van der Waals surface area contributed by atoms with E-state index in [2.05, 4.69) is 39.5 Å². The first-order valence-corrected chi connectivity index (χ1v) is 16.3. The lowest BCUT2D eigenvalue weighted by atomic mass is 9.96. The third-order valence-corrected chi connectivity index (χ3v) is 8.96. The van der Waals surface area contributed by atoms with Gasteiger partial charge in [-0.1, -0.05) is 58.4 Å². The third-order valence-electron chi connectivity index (χ3n) is 6.90. The second-order valence-corrected chi connectivity index (χ2v) is 13.2. The molecule has 1 aliphatic rings. The Morgan fingerprint density at radius 2 is 1.65 bits per heavy atom. The van der Waals surface area contributed by atoms with Crippen LogP contribution in [0.1, 0.15) is 65.0 Å². The highest BCUT2D eigenvalue weighted by Gasteiger charge is 2.37. The van der Waals surface area contributed by atoms with Gasteiger partial charge in [0.2, 0.25) is 23.6 Å². The molecule has 0 aliphatic carbocycles. The predicted molar refractivity (Wildman–Crippen MR) is 163 cm³/mol. The highest BCUT2D eigenvalue weighted by atomic mass is 32.2. The van der Waals surface area contributed by atoms with E-state index >= 15 is 0 Å². The largest absolute Gasteiger partial charge is 0.393 e. The number of carbonyl (C=O) groups excluding carboxylic acids is 4. The molecule has 0 fully saturated rings. The molecule has 4 amide bonds. The molecule has 1 unspecified atom stereocenters. The van der Waals surface area contributed by atoms with Crippen LogP contribution in [0.3, 0.4) is 0 Å². The molecule has 0 radical (unpaired) electrons. The Morgan fingerprint density at radius 3 is 2.25 bits per heavy atom. The van der Waals surface area contributed by atoms with Crippen LogP contribution in [0, 0.1) is 11.8 Å². The lowest BCUT2D eigenvalue weighted by Crippen LogP contribution is -2.63. The third kappa shape index (κ3) is 11.0. The van der Waals surface area contributed by atoms with E-state index in [0.29, 0.717) is 25.1 Å². The molecule has 1 aliphatic heterocycles. The van der Waals surface area contributed by atoms with Gasteiger partial charge < -0.3 is 26.4 Å². The van der Waals surface area contributed by atoms with Gasteiger partial charge in [0.25, 0.3) is 0 Å². The first kappa shape index (κ1) is 34.0. The Bertz CT molecular complexity index is 1010. The zero-order valence-corrected chi connectivity index (χ0v) is 26.0.